The van der Waals surface area contributed by atoms with Crippen molar-refractivity contribution in [2.75, 3.05) is 6.54 Å². The van der Waals surface area contributed by atoms with Gasteiger partial charge in [-0.2, -0.15) is 0 Å². The molecule has 3 N–H and O–H groups in total. The van der Waals surface area contributed by atoms with Crippen LogP contribution in [0.3, 0.4) is 0 Å². The largest absolute Gasteiger partial charge is 0.507 e. The van der Waals surface area contributed by atoms with Gasteiger partial charge in [0.05, 0.1) is 16.5 Å². The third kappa shape index (κ3) is 4.03. The second-order valence-corrected chi connectivity index (χ2v) is 5.76. The number of unbranched alkanes of at least 4 members (excludes halogenated alkanes) is 1. The number of phenolic OH excluding ortho intramolecular Hbond substituents is 1. The lowest BCUT2D eigenvalue weighted by molar-refractivity contribution is 0.0950. The van der Waals surface area contributed by atoms with E-state index < -0.39 is 0 Å². The number of nitrogens with one attached hydrogen (secondary N) is 2. The minimum Gasteiger partial charge on any atom is -0.507 e. The number of fused-ring (bicyclic) bond motifs is 1. The van der Waals surface area contributed by atoms with Gasteiger partial charge in [0.1, 0.15) is 11.6 Å². The first kappa shape index (κ1) is 16.7. The van der Waals surface area contributed by atoms with E-state index in [4.69, 9.17) is 0 Å². The molecule has 1 aromatic heterocycles. The zero-order valence-corrected chi connectivity index (χ0v) is 13.7. The number of hydrogen-bond acceptors (Lipinski definition) is 4. The van der Waals surface area contributed by atoms with Crippen LogP contribution in [0.2, 0.25) is 0 Å². The Labute approximate surface area is 144 Å². The number of carbonyl (C=O) groups excluding carboxylic acids is 1. The molecule has 3 rings (SSSR count). The third-order valence-corrected chi connectivity index (χ3v) is 3.94. The van der Waals surface area contributed by atoms with Crippen molar-refractivity contribution in [1.82, 2.24) is 15.3 Å². The molecule has 0 atom stereocenters. The second-order valence-electron chi connectivity index (χ2n) is 5.76. The molecular weight excluding hydrogens is 318 g/mol. The number of aromatic amines is 1. The highest BCUT2D eigenvalue weighted by Gasteiger charge is 2.09. The van der Waals surface area contributed by atoms with E-state index in [0.717, 1.165) is 12.8 Å². The van der Waals surface area contributed by atoms with Crippen molar-refractivity contribution in [3.05, 3.63) is 70.3 Å². The summed E-state index contributed by atoms with van der Waals surface area (Å²) in [6, 6.07) is 13.7. The Morgan fingerprint density at radius 3 is 2.68 bits per heavy atom. The lowest BCUT2D eigenvalue weighted by Gasteiger charge is -2.07. The van der Waals surface area contributed by atoms with Crippen LogP contribution >= 0.6 is 0 Å². The van der Waals surface area contributed by atoms with E-state index >= 15 is 0 Å². The number of nitrogens with zero attached hydrogens (tertiary/aromatic N) is 1. The molecule has 1 heterocycles. The Bertz CT molecular complexity index is 950. The van der Waals surface area contributed by atoms with E-state index in [2.05, 4.69) is 15.3 Å². The van der Waals surface area contributed by atoms with E-state index in [1.54, 1.807) is 24.3 Å². The molecule has 0 aliphatic rings. The van der Waals surface area contributed by atoms with Crippen LogP contribution < -0.4 is 10.9 Å². The first-order valence-electron chi connectivity index (χ1n) is 8.19. The van der Waals surface area contributed by atoms with Gasteiger partial charge in [-0.3, -0.25) is 9.59 Å². The zero-order valence-electron chi connectivity index (χ0n) is 13.7. The molecule has 0 unspecified atom stereocenters. The molecule has 0 aliphatic carbocycles. The number of aromatic hydroxyl groups is 1. The Hall–Kier alpha value is -3.15. The molecule has 0 radical (unpaired) electrons. The first-order valence-corrected chi connectivity index (χ1v) is 8.19. The number of para-hydroxylation sites is 2. The van der Waals surface area contributed by atoms with Gasteiger partial charge in [-0.25, -0.2) is 4.98 Å². The van der Waals surface area contributed by atoms with Gasteiger partial charge in [0.2, 0.25) is 0 Å². The number of carbonyl (C=O) groups is 1. The Balaban J connectivity index is 1.50. The smallest absolute Gasteiger partial charge is 0.258 e. The lowest BCUT2D eigenvalue weighted by atomic mass is 10.1. The summed E-state index contributed by atoms with van der Waals surface area (Å²) in [6.45, 7) is 0.491. The van der Waals surface area contributed by atoms with E-state index in [9.17, 15) is 14.7 Å². The van der Waals surface area contributed by atoms with Crippen molar-refractivity contribution >= 4 is 16.8 Å². The van der Waals surface area contributed by atoms with E-state index in [1.165, 1.54) is 6.07 Å². The Kier molecular flexibility index (Phi) is 5.09. The van der Waals surface area contributed by atoms with E-state index in [0.29, 0.717) is 29.7 Å². The lowest BCUT2D eigenvalue weighted by Crippen LogP contribution is -2.24. The maximum atomic E-state index is 12.0. The van der Waals surface area contributed by atoms with Gasteiger partial charge < -0.3 is 15.4 Å². The van der Waals surface area contributed by atoms with Gasteiger partial charge in [-0.1, -0.05) is 24.3 Å². The summed E-state index contributed by atoms with van der Waals surface area (Å²) in [5.74, 6) is 0.323. The average Bonchev–Trinajstić information content (AvgIpc) is 2.62. The highest BCUT2D eigenvalue weighted by atomic mass is 16.3. The summed E-state index contributed by atoms with van der Waals surface area (Å²) in [4.78, 5) is 31.2. The quantitative estimate of drug-likeness (QED) is 0.602. The fraction of sp³-hybridized carbons (Fsp3) is 0.211. The molecule has 0 saturated heterocycles. The van der Waals surface area contributed by atoms with Crippen molar-refractivity contribution in [1.29, 1.82) is 0 Å². The van der Waals surface area contributed by atoms with Crippen molar-refractivity contribution in [3.63, 3.8) is 0 Å². The van der Waals surface area contributed by atoms with Crippen molar-refractivity contribution in [2.24, 2.45) is 0 Å². The molecule has 0 fully saturated rings. The highest BCUT2D eigenvalue weighted by Crippen LogP contribution is 2.15. The summed E-state index contributed by atoms with van der Waals surface area (Å²) in [6.07, 6.45) is 2.16. The summed E-state index contributed by atoms with van der Waals surface area (Å²) < 4.78 is 0. The number of amides is 1. The molecule has 128 valence electrons. The molecule has 0 spiro atoms. The van der Waals surface area contributed by atoms with Crippen molar-refractivity contribution in [3.8, 4) is 5.75 Å². The molecule has 0 saturated carbocycles. The molecular formula is C19H19N3O3. The number of H-pyrrole nitrogens is 1. The average molecular weight is 337 g/mol. The fourth-order valence-electron chi connectivity index (χ4n) is 2.63. The predicted molar refractivity (Wildman–Crippen MR) is 95.7 cm³/mol. The standard InChI is InChI=1S/C19H19N3O3/c23-16-10-4-2-8-14(16)18(24)20-12-6-5-11-17-21-15-9-3-1-7-13(15)19(25)22-17/h1-4,7-10,23H,5-6,11-12H2,(H,20,24)(H,21,22,25). The van der Waals surface area contributed by atoms with Gasteiger partial charge in [-0.05, 0) is 37.1 Å². The molecule has 6 heteroatoms. The third-order valence-electron chi connectivity index (χ3n) is 3.94. The minimum absolute atomic E-state index is 0.0297. The Morgan fingerprint density at radius 2 is 1.84 bits per heavy atom. The van der Waals surface area contributed by atoms with Gasteiger partial charge in [0.15, 0.2) is 0 Å². The number of aromatic nitrogens is 2. The summed E-state index contributed by atoms with van der Waals surface area (Å²) in [5.41, 5.74) is 0.825. The number of hydrogen-bond donors (Lipinski definition) is 3. The van der Waals surface area contributed by atoms with Crippen LogP contribution in [0.4, 0.5) is 0 Å². The highest BCUT2D eigenvalue weighted by molar-refractivity contribution is 5.96. The second kappa shape index (κ2) is 7.61. The fourth-order valence-corrected chi connectivity index (χ4v) is 2.63. The van der Waals surface area contributed by atoms with Gasteiger partial charge >= 0.3 is 0 Å². The summed E-state index contributed by atoms with van der Waals surface area (Å²) in [5, 5.41) is 13.0. The number of benzene rings is 2. The topological polar surface area (TPSA) is 95.1 Å². The minimum atomic E-state index is -0.296. The molecule has 2 aromatic carbocycles. The van der Waals surface area contributed by atoms with Gasteiger partial charge in [0, 0.05) is 13.0 Å². The van der Waals surface area contributed by atoms with Crippen LogP contribution in [0.1, 0.15) is 29.0 Å². The van der Waals surface area contributed by atoms with Crippen LogP contribution in [0, 0.1) is 0 Å². The van der Waals surface area contributed by atoms with Crippen molar-refractivity contribution in [2.45, 2.75) is 19.3 Å². The first-order chi connectivity index (χ1) is 12.1. The van der Waals surface area contributed by atoms with E-state index in [-0.39, 0.29) is 22.8 Å². The maximum Gasteiger partial charge on any atom is 0.258 e. The molecule has 1 amide bonds. The molecule has 0 bridgehead atoms. The summed E-state index contributed by atoms with van der Waals surface area (Å²) in [7, 11) is 0. The monoisotopic (exact) mass is 337 g/mol. The van der Waals surface area contributed by atoms with Crippen LogP contribution in [-0.4, -0.2) is 27.5 Å². The Morgan fingerprint density at radius 1 is 1.08 bits per heavy atom. The maximum absolute atomic E-state index is 12.0. The number of aryl methyl sites for hydroxylation is 1. The van der Waals surface area contributed by atoms with Crippen LogP contribution in [0.15, 0.2) is 53.3 Å². The molecule has 6 nitrogen and oxygen atoms in total. The number of rotatable bonds is 6. The SMILES string of the molecule is O=C(NCCCCc1nc2ccccc2c(=O)[nH]1)c1ccccc1O. The van der Waals surface area contributed by atoms with Crippen molar-refractivity contribution < 1.29 is 9.90 Å². The van der Waals surface area contributed by atoms with Gasteiger partial charge in [0.25, 0.3) is 11.5 Å². The molecule has 0 aliphatic heterocycles. The van der Waals surface area contributed by atoms with Gasteiger partial charge in [-0.15, -0.1) is 0 Å². The predicted octanol–water partition coefficient (Wildman–Crippen LogP) is 2.38. The molecule has 25 heavy (non-hydrogen) atoms. The van der Waals surface area contributed by atoms with Crippen LogP contribution in [0.25, 0.3) is 10.9 Å². The van der Waals surface area contributed by atoms with E-state index in [1.807, 2.05) is 18.2 Å². The molecule has 3 aromatic rings. The van der Waals surface area contributed by atoms with Crippen LogP contribution in [-0.2, 0) is 6.42 Å². The summed E-state index contributed by atoms with van der Waals surface area (Å²) >= 11 is 0. The zero-order chi connectivity index (χ0) is 17.6. The normalized spacial score (nSPS) is 10.7. The van der Waals surface area contributed by atoms with Crippen LogP contribution in [0.5, 0.6) is 5.75 Å². The number of phenols is 1.